The molecule has 2 atom stereocenters. The van der Waals surface area contributed by atoms with Crippen molar-refractivity contribution >= 4 is 37.6 Å². The standard InChI is InChI=1S/C19H29N5O3S2/c1-12-10-24(11-13(2)27-12)29(25,26)23-8-6-22(7-9-23)18-17-14(3)15(4)28-19(17)21-16(5)20-18/h12-13H,6-11H2,1-5H3. The second-order valence-corrected chi connectivity index (χ2v) is 11.2. The van der Waals surface area contributed by atoms with Crippen LogP contribution in [0.15, 0.2) is 0 Å². The van der Waals surface area contributed by atoms with Crippen molar-refractivity contribution in [2.24, 2.45) is 0 Å². The van der Waals surface area contributed by atoms with Gasteiger partial charge in [-0.3, -0.25) is 0 Å². The Morgan fingerprint density at radius 3 is 2.21 bits per heavy atom. The number of aryl methyl sites for hydroxylation is 3. The van der Waals surface area contributed by atoms with E-state index in [0.29, 0.717) is 39.3 Å². The van der Waals surface area contributed by atoms with Gasteiger partial charge < -0.3 is 9.64 Å². The molecule has 2 aromatic heterocycles. The van der Waals surface area contributed by atoms with Gasteiger partial charge in [0.25, 0.3) is 10.2 Å². The van der Waals surface area contributed by atoms with Crippen molar-refractivity contribution in [3.05, 3.63) is 16.3 Å². The molecule has 0 amide bonds. The summed E-state index contributed by atoms with van der Waals surface area (Å²) in [6.45, 7) is 12.9. The van der Waals surface area contributed by atoms with Crippen LogP contribution in [0.3, 0.4) is 0 Å². The van der Waals surface area contributed by atoms with E-state index in [1.807, 2.05) is 20.8 Å². The summed E-state index contributed by atoms with van der Waals surface area (Å²) in [4.78, 5) is 13.8. The molecule has 4 heterocycles. The number of rotatable bonds is 3. The Labute approximate surface area is 176 Å². The van der Waals surface area contributed by atoms with Crippen molar-refractivity contribution in [1.82, 2.24) is 18.6 Å². The van der Waals surface area contributed by atoms with Crippen LogP contribution in [0.2, 0.25) is 0 Å². The van der Waals surface area contributed by atoms with Gasteiger partial charge in [0.2, 0.25) is 0 Å². The predicted octanol–water partition coefficient (Wildman–Crippen LogP) is 2.09. The van der Waals surface area contributed by atoms with Gasteiger partial charge in [-0.15, -0.1) is 11.3 Å². The highest BCUT2D eigenvalue weighted by molar-refractivity contribution is 7.86. The van der Waals surface area contributed by atoms with Crippen LogP contribution in [-0.2, 0) is 14.9 Å². The summed E-state index contributed by atoms with van der Waals surface area (Å²) >= 11 is 1.69. The molecule has 8 nitrogen and oxygen atoms in total. The quantitative estimate of drug-likeness (QED) is 0.729. The molecule has 0 N–H and O–H groups in total. The Morgan fingerprint density at radius 2 is 1.59 bits per heavy atom. The molecule has 2 aliphatic rings. The van der Waals surface area contributed by atoms with Gasteiger partial charge in [-0.1, -0.05) is 0 Å². The molecule has 2 saturated heterocycles. The molecule has 0 aromatic carbocycles. The van der Waals surface area contributed by atoms with Gasteiger partial charge >= 0.3 is 0 Å². The van der Waals surface area contributed by atoms with E-state index in [9.17, 15) is 8.42 Å². The number of nitrogens with zero attached hydrogens (tertiary/aromatic N) is 5. The summed E-state index contributed by atoms with van der Waals surface area (Å²) in [7, 11) is -3.48. The molecule has 2 aliphatic heterocycles. The molecule has 10 heteroatoms. The number of piperazine rings is 1. The van der Waals surface area contributed by atoms with Gasteiger partial charge in [-0.2, -0.15) is 17.0 Å². The number of ether oxygens (including phenoxy) is 1. The topological polar surface area (TPSA) is 78.9 Å². The first-order chi connectivity index (χ1) is 13.7. The summed E-state index contributed by atoms with van der Waals surface area (Å²) in [5, 5.41) is 1.10. The molecule has 0 bridgehead atoms. The lowest BCUT2D eigenvalue weighted by Crippen LogP contribution is -2.57. The van der Waals surface area contributed by atoms with Gasteiger partial charge in [0.15, 0.2) is 0 Å². The van der Waals surface area contributed by atoms with Gasteiger partial charge in [0.1, 0.15) is 16.5 Å². The molecule has 0 spiro atoms. The monoisotopic (exact) mass is 439 g/mol. The Hall–Kier alpha value is -1.33. The lowest BCUT2D eigenvalue weighted by atomic mass is 10.2. The zero-order valence-electron chi connectivity index (χ0n) is 17.7. The molecule has 0 radical (unpaired) electrons. The zero-order valence-corrected chi connectivity index (χ0v) is 19.3. The van der Waals surface area contributed by atoms with E-state index in [1.54, 1.807) is 19.9 Å². The highest BCUT2D eigenvalue weighted by Crippen LogP contribution is 2.35. The molecular weight excluding hydrogens is 410 g/mol. The molecule has 4 rings (SSSR count). The van der Waals surface area contributed by atoms with E-state index in [4.69, 9.17) is 9.72 Å². The summed E-state index contributed by atoms with van der Waals surface area (Å²) < 4.78 is 35.2. The highest BCUT2D eigenvalue weighted by Gasteiger charge is 2.37. The fraction of sp³-hybridized carbons (Fsp3) is 0.684. The van der Waals surface area contributed by atoms with Crippen LogP contribution >= 0.6 is 11.3 Å². The largest absolute Gasteiger partial charge is 0.373 e. The fourth-order valence-corrected chi connectivity index (χ4v) is 6.99. The van der Waals surface area contributed by atoms with E-state index in [0.717, 1.165) is 21.9 Å². The third kappa shape index (κ3) is 3.88. The maximum atomic E-state index is 13.2. The average Bonchev–Trinajstić information content (AvgIpc) is 2.94. The second kappa shape index (κ2) is 7.73. The van der Waals surface area contributed by atoms with E-state index >= 15 is 0 Å². The third-order valence-electron chi connectivity index (χ3n) is 5.70. The van der Waals surface area contributed by atoms with E-state index in [1.165, 1.54) is 10.4 Å². The summed E-state index contributed by atoms with van der Waals surface area (Å²) in [5.41, 5.74) is 1.21. The minimum atomic E-state index is -3.48. The number of morpholine rings is 1. The molecule has 2 fully saturated rings. The summed E-state index contributed by atoms with van der Waals surface area (Å²) in [6.07, 6.45) is -0.172. The van der Waals surface area contributed by atoms with Crippen molar-refractivity contribution in [3.63, 3.8) is 0 Å². The molecule has 0 saturated carbocycles. The Bertz CT molecular complexity index is 1000. The van der Waals surface area contributed by atoms with Crippen molar-refractivity contribution in [2.45, 2.75) is 46.8 Å². The molecule has 0 aliphatic carbocycles. The number of thiophene rings is 1. The smallest absolute Gasteiger partial charge is 0.282 e. The van der Waals surface area contributed by atoms with Gasteiger partial charge in [0, 0.05) is 44.1 Å². The first kappa shape index (κ1) is 20.9. The van der Waals surface area contributed by atoms with E-state index < -0.39 is 10.2 Å². The van der Waals surface area contributed by atoms with Gasteiger partial charge in [-0.05, 0) is 40.2 Å². The lowest BCUT2D eigenvalue weighted by molar-refractivity contribution is -0.0455. The van der Waals surface area contributed by atoms with Crippen molar-refractivity contribution in [1.29, 1.82) is 0 Å². The van der Waals surface area contributed by atoms with Crippen molar-refractivity contribution < 1.29 is 13.2 Å². The predicted molar refractivity (Wildman–Crippen MR) is 116 cm³/mol. The normalized spacial score (nSPS) is 25.1. The van der Waals surface area contributed by atoms with Crippen LogP contribution in [0.25, 0.3) is 10.2 Å². The molecule has 29 heavy (non-hydrogen) atoms. The fourth-order valence-electron chi connectivity index (χ4n) is 4.17. The molecular formula is C19H29N5O3S2. The zero-order chi connectivity index (χ0) is 20.9. The van der Waals surface area contributed by atoms with E-state index in [2.05, 4.69) is 23.7 Å². The first-order valence-electron chi connectivity index (χ1n) is 10.1. The van der Waals surface area contributed by atoms with E-state index in [-0.39, 0.29) is 12.2 Å². The number of fused-ring (bicyclic) bond motifs is 1. The number of aromatic nitrogens is 2. The molecule has 2 unspecified atom stereocenters. The van der Waals surface area contributed by atoms with Gasteiger partial charge in [-0.25, -0.2) is 9.97 Å². The van der Waals surface area contributed by atoms with Crippen molar-refractivity contribution in [2.75, 3.05) is 44.2 Å². The van der Waals surface area contributed by atoms with Gasteiger partial charge in [0.05, 0.1) is 17.6 Å². The average molecular weight is 440 g/mol. The number of hydrogen-bond acceptors (Lipinski definition) is 7. The maximum absolute atomic E-state index is 13.2. The maximum Gasteiger partial charge on any atom is 0.282 e. The Kier molecular flexibility index (Phi) is 5.58. The summed E-state index contributed by atoms with van der Waals surface area (Å²) in [6, 6.07) is 0. The summed E-state index contributed by atoms with van der Waals surface area (Å²) in [5.74, 6) is 1.68. The van der Waals surface area contributed by atoms with Crippen molar-refractivity contribution in [3.8, 4) is 0 Å². The SMILES string of the molecule is Cc1nc(N2CCN(S(=O)(=O)N3CC(C)OC(C)C3)CC2)c2c(C)c(C)sc2n1. The number of anilines is 1. The van der Waals surface area contributed by atoms with Crippen LogP contribution in [-0.4, -0.2) is 78.5 Å². The highest BCUT2D eigenvalue weighted by atomic mass is 32.2. The second-order valence-electron chi connectivity index (χ2n) is 8.03. The Balaban J connectivity index is 1.54. The minimum absolute atomic E-state index is 0.0862. The minimum Gasteiger partial charge on any atom is -0.373 e. The van der Waals surface area contributed by atoms with Crippen LogP contribution in [0.5, 0.6) is 0 Å². The molecule has 160 valence electrons. The van der Waals surface area contributed by atoms with Crippen LogP contribution in [0.1, 0.15) is 30.1 Å². The van der Waals surface area contributed by atoms with Crippen LogP contribution < -0.4 is 4.90 Å². The molecule has 2 aromatic rings. The number of hydrogen-bond donors (Lipinski definition) is 0. The Morgan fingerprint density at radius 1 is 0.966 bits per heavy atom. The van der Waals surface area contributed by atoms with Crippen LogP contribution in [0, 0.1) is 20.8 Å². The lowest BCUT2D eigenvalue weighted by Gasteiger charge is -2.40. The van der Waals surface area contributed by atoms with Crippen LogP contribution in [0.4, 0.5) is 5.82 Å². The third-order valence-corrected chi connectivity index (χ3v) is 8.77. The first-order valence-corrected chi connectivity index (χ1v) is 12.3.